The number of nitrogens with zero attached hydrogens (tertiary/aromatic N) is 5. The number of hydrogen-bond acceptors (Lipinski definition) is 4. The lowest BCUT2D eigenvalue weighted by molar-refractivity contribution is 0.603. The van der Waals surface area contributed by atoms with Crippen LogP contribution in [0.3, 0.4) is 0 Å². The minimum Gasteiger partial charge on any atom is -0.351 e. The molecule has 5 nitrogen and oxygen atoms in total. The fourth-order valence-corrected chi connectivity index (χ4v) is 6.35. The number of hydrogen-bond donors (Lipinski definition) is 0. The number of amidine groups is 1. The molecule has 0 amide bonds. The molecule has 2 unspecified atom stereocenters. The molecule has 0 spiro atoms. The summed E-state index contributed by atoms with van der Waals surface area (Å²) in [6.07, 6.45) is 8.69. The Morgan fingerprint density at radius 3 is 2.34 bits per heavy atom. The molecule has 0 fully saturated rings. The maximum atomic E-state index is 5.40. The van der Waals surface area contributed by atoms with Gasteiger partial charge in [0.05, 0.1) is 5.69 Å². The van der Waals surface area contributed by atoms with Gasteiger partial charge in [0.1, 0.15) is 6.17 Å². The molecule has 6 aromatic rings. The second-order valence-electron chi connectivity index (χ2n) is 11.7. The fraction of sp³-hybridized carbons (Fsp3) is 0.179. The van der Waals surface area contributed by atoms with Crippen LogP contribution in [-0.2, 0) is 19.9 Å². The monoisotopic (exact) mass is 575 g/mol. The molecule has 0 aliphatic carbocycles. The smallest absolute Gasteiger partial charge is 0.162 e. The van der Waals surface area contributed by atoms with Gasteiger partial charge >= 0.3 is 0 Å². The lowest BCUT2D eigenvalue weighted by Gasteiger charge is -2.32. The van der Waals surface area contributed by atoms with Crippen LogP contribution in [0.5, 0.6) is 0 Å². The number of aryl methyl sites for hydroxylation is 2. The summed E-state index contributed by atoms with van der Waals surface area (Å²) in [5, 5.41) is 8.84. The van der Waals surface area contributed by atoms with E-state index in [4.69, 9.17) is 5.10 Å². The number of benzene rings is 4. The highest BCUT2D eigenvalue weighted by molar-refractivity contribution is 6.13. The first-order valence-electron chi connectivity index (χ1n) is 15.4. The highest BCUT2D eigenvalue weighted by atomic mass is 15.6. The Morgan fingerprint density at radius 1 is 0.750 bits per heavy atom. The zero-order chi connectivity index (χ0) is 29.9. The predicted octanol–water partition coefficient (Wildman–Crippen LogP) is 8.57. The molecule has 3 heterocycles. The Morgan fingerprint density at radius 2 is 1.55 bits per heavy atom. The highest BCUT2D eigenvalue weighted by Gasteiger charge is 2.37. The second kappa shape index (κ2) is 12.2. The van der Waals surface area contributed by atoms with Gasteiger partial charge in [-0.1, -0.05) is 79.7 Å². The van der Waals surface area contributed by atoms with Crippen molar-refractivity contribution in [1.29, 1.82) is 0 Å². The SMILES string of the molecule is CC(Cc1ccccc1)c1cccc(C2=NN(c3ccccc3)C(CCc3cccnc3)N2c2ccc3c(ccn3C)c2)c1. The van der Waals surface area contributed by atoms with Gasteiger partial charge in [0.25, 0.3) is 0 Å². The van der Waals surface area contributed by atoms with Gasteiger partial charge < -0.3 is 9.47 Å². The number of pyridine rings is 1. The molecule has 0 saturated heterocycles. The van der Waals surface area contributed by atoms with Gasteiger partial charge in [0.15, 0.2) is 5.84 Å². The van der Waals surface area contributed by atoms with Crippen LogP contribution >= 0.6 is 0 Å². The van der Waals surface area contributed by atoms with Crippen molar-refractivity contribution >= 4 is 28.1 Å². The molecule has 0 saturated carbocycles. The Bertz CT molecular complexity index is 1880. The molecule has 5 heteroatoms. The molecule has 0 bridgehead atoms. The summed E-state index contributed by atoms with van der Waals surface area (Å²) >= 11 is 0. The third kappa shape index (κ3) is 5.61. The van der Waals surface area contributed by atoms with Gasteiger partial charge in [-0.3, -0.25) is 4.98 Å². The van der Waals surface area contributed by atoms with Crippen LogP contribution in [0, 0.1) is 0 Å². The number of fused-ring (bicyclic) bond motifs is 1. The van der Waals surface area contributed by atoms with Crippen molar-refractivity contribution < 1.29 is 0 Å². The number of anilines is 2. The first-order valence-corrected chi connectivity index (χ1v) is 15.4. The quantitative estimate of drug-likeness (QED) is 0.173. The summed E-state index contributed by atoms with van der Waals surface area (Å²) < 4.78 is 2.17. The van der Waals surface area contributed by atoms with Crippen molar-refractivity contribution in [3.63, 3.8) is 0 Å². The van der Waals surface area contributed by atoms with Crippen molar-refractivity contribution in [2.45, 2.75) is 38.3 Å². The van der Waals surface area contributed by atoms with E-state index in [1.54, 1.807) is 0 Å². The van der Waals surface area contributed by atoms with Gasteiger partial charge in [-0.2, -0.15) is 5.10 Å². The zero-order valence-corrected chi connectivity index (χ0v) is 25.3. The summed E-state index contributed by atoms with van der Waals surface area (Å²) in [7, 11) is 2.10. The molecule has 1 aliphatic heterocycles. The van der Waals surface area contributed by atoms with Crippen LogP contribution in [0.1, 0.15) is 41.5 Å². The first-order chi connectivity index (χ1) is 21.6. The van der Waals surface area contributed by atoms with E-state index in [9.17, 15) is 0 Å². The molecule has 44 heavy (non-hydrogen) atoms. The molecule has 4 aromatic carbocycles. The van der Waals surface area contributed by atoms with Crippen LogP contribution in [0.2, 0.25) is 0 Å². The fourth-order valence-electron chi connectivity index (χ4n) is 6.35. The van der Waals surface area contributed by atoms with E-state index in [1.165, 1.54) is 27.6 Å². The average Bonchev–Trinajstić information content (AvgIpc) is 3.65. The maximum absolute atomic E-state index is 5.40. The van der Waals surface area contributed by atoms with E-state index in [0.717, 1.165) is 42.0 Å². The molecule has 2 aromatic heterocycles. The van der Waals surface area contributed by atoms with Crippen molar-refractivity contribution in [2.24, 2.45) is 12.1 Å². The average molecular weight is 576 g/mol. The molecule has 0 radical (unpaired) electrons. The third-order valence-electron chi connectivity index (χ3n) is 8.69. The lowest BCUT2D eigenvalue weighted by Crippen LogP contribution is -2.43. The summed E-state index contributed by atoms with van der Waals surface area (Å²) in [5.74, 6) is 1.34. The second-order valence-corrected chi connectivity index (χ2v) is 11.7. The summed E-state index contributed by atoms with van der Waals surface area (Å²) in [5.41, 5.74) is 8.46. The van der Waals surface area contributed by atoms with Crippen LogP contribution in [-0.4, -0.2) is 21.6 Å². The van der Waals surface area contributed by atoms with E-state index in [0.29, 0.717) is 5.92 Å². The summed E-state index contributed by atoms with van der Waals surface area (Å²) in [6.45, 7) is 2.32. The lowest BCUT2D eigenvalue weighted by atomic mass is 9.92. The predicted molar refractivity (Wildman–Crippen MR) is 182 cm³/mol. The van der Waals surface area contributed by atoms with E-state index in [-0.39, 0.29) is 6.17 Å². The highest BCUT2D eigenvalue weighted by Crippen LogP contribution is 2.36. The molecular formula is C39H37N5. The topological polar surface area (TPSA) is 36.7 Å². The largest absolute Gasteiger partial charge is 0.351 e. The van der Waals surface area contributed by atoms with E-state index >= 15 is 0 Å². The first kappa shape index (κ1) is 27.7. The van der Waals surface area contributed by atoms with Gasteiger partial charge in [-0.15, -0.1) is 0 Å². The van der Waals surface area contributed by atoms with Crippen molar-refractivity contribution in [1.82, 2.24) is 9.55 Å². The number of rotatable bonds is 9. The van der Waals surface area contributed by atoms with Gasteiger partial charge in [0.2, 0.25) is 0 Å². The molecule has 0 N–H and O–H groups in total. The summed E-state index contributed by atoms with van der Waals surface area (Å²) in [4.78, 5) is 6.82. The van der Waals surface area contributed by atoms with Crippen molar-refractivity contribution in [2.75, 3.05) is 9.91 Å². The maximum Gasteiger partial charge on any atom is 0.162 e. The van der Waals surface area contributed by atoms with Crippen LogP contribution in [0.15, 0.2) is 145 Å². The molecule has 7 rings (SSSR count). The number of para-hydroxylation sites is 1. The minimum absolute atomic E-state index is 0.0147. The normalized spacial score (nSPS) is 15.5. The molecule has 2 atom stereocenters. The van der Waals surface area contributed by atoms with E-state index < -0.39 is 0 Å². The van der Waals surface area contributed by atoms with Gasteiger partial charge in [-0.25, -0.2) is 5.01 Å². The Hall–Kier alpha value is -5.16. The van der Waals surface area contributed by atoms with Crippen molar-refractivity contribution in [3.8, 4) is 0 Å². The third-order valence-corrected chi connectivity index (χ3v) is 8.69. The molecule has 218 valence electrons. The Labute approximate surface area is 259 Å². The number of hydrazone groups is 1. The van der Waals surface area contributed by atoms with Gasteiger partial charge in [-0.05, 0) is 90.4 Å². The van der Waals surface area contributed by atoms with E-state index in [1.807, 2.05) is 18.5 Å². The van der Waals surface area contributed by atoms with Crippen molar-refractivity contribution in [3.05, 3.63) is 162 Å². The Balaban J connectivity index is 1.31. The molecule has 1 aliphatic rings. The van der Waals surface area contributed by atoms with Crippen LogP contribution < -0.4 is 9.91 Å². The minimum atomic E-state index is -0.0147. The van der Waals surface area contributed by atoms with E-state index in [2.05, 4.69) is 155 Å². The standard InChI is InChI=1S/C39H37N5/c1-29(25-30-11-5-3-6-12-30)32-14-9-15-34(26-32)39-41-44(35-16-7-4-8-17-35)38(21-18-31-13-10-23-40-28-31)43(39)36-19-20-37-33(27-36)22-24-42(37)2/h3-17,19-20,22-24,26-29,38H,18,21,25H2,1-2H3. The van der Waals surface area contributed by atoms with Gasteiger partial charge in [0, 0.05) is 47.8 Å². The van der Waals surface area contributed by atoms with Crippen LogP contribution in [0.25, 0.3) is 10.9 Å². The summed E-state index contributed by atoms with van der Waals surface area (Å²) in [6, 6.07) is 43.4. The zero-order valence-electron chi connectivity index (χ0n) is 25.3. The molecular weight excluding hydrogens is 538 g/mol. The number of aromatic nitrogens is 2. The Kier molecular flexibility index (Phi) is 7.68. The van der Waals surface area contributed by atoms with Crippen LogP contribution in [0.4, 0.5) is 11.4 Å².